The van der Waals surface area contributed by atoms with Gasteiger partial charge in [-0.1, -0.05) is 65.5 Å². The molecule has 0 N–H and O–H groups in total. The molecule has 1 aliphatic rings. The number of halogens is 1. The van der Waals surface area contributed by atoms with Crippen molar-refractivity contribution in [3.05, 3.63) is 71.2 Å². The second-order valence-corrected chi connectivity index (χ2v) is 8.04. The van der Waals surface area contributed by atoms with Crippen LogP contribution < -0.4 is 0 Å². The molecule has 0 amide bonds. The highest BCUT2D eigenvalue weighted by molar-refractivity contribution is 8.05. The predicted octanol–water partition coefficient (Wildman–Crippen LogP) is 6.41. The number of rotatable bonds is 2. The van der Waals surface area contributed by atoms with Gasteiger partial charge >= 0.3 is 5.97 Å². The second-order valence-electron chi connectivity index (χ2n) is 5.47. The molecule has 124 valence electrons. The molecule has 0 aromatic heterocycles. The summed E-state index contributed by atoms with van der Waals surface area (Å²) in [5.41, 5.74) is 2.33. The number of carbonyl (C=O) groups is 1. The zero-order valence-corrected chi connectivity index (χ0v) is 15.7. The van der Waals surface area contributed by atoms with E-state index in [2.05, 4.69) is 24.3 Å². The van der Waals surface area contributed by atoms with Gasteiger partial charge in [-0.05, 0) is 41.5 Å². The van der Waals surface area contributed by atoms with E-state index in [1.165, 1.54) is 21.8 Å². The molecule has 0 atom stereocenters. The van der Waals surface area contributed by atoms with Crippen molar-refractivity contribution in [1.29, 1.82) is 0 Å². The Morgan fingerprint density at radius 1 is 0.880 bits per heavy atom. The van der Waals surface area contributed by atoms with Crippen molar-refractivity contribution in [1.82, 2.24) is 0 Å². The van der Waals surface area contributed by atoms with Crippen molar-refractivity contribution in [2.75, 3.05) is 7.11 Å². The molecule has 3 aromatic carbocycles. The van der Waals surface area contributed by atoms with Crippen LogP contribution in [0.15, 0.2) is 80.2 Å². The Balaban J connectivity index is 1.89. The first-order chi connectivity index (χ1) is 12.2. The van der Waals surface area contributed by atoms with Gasteiger partial charge in [-0.15, -0.1) is 0 Å². The minimum absolute atomic E-state index is 0.385. The maximum Gasteiger partial charge on any atom is 0.338 e. The fourth-order valence-electron chi connectivity index (χ4n) is 2.79. The van der Waals surface area contributed by atoms with Crippen LogP contribution >= 0.6 is 35.1 Å². The molecule has 0 bridgehead atoms. The van der Waals surface area contributed by atoms with E-state index in [0.717, 1.165) is 16.0 Å². The molecule has 0 unspecified atom stereocenters. The highest BCUT2D eigenvalue weighted by Crippen LogP contribution is 2.51. The third kappa shape index (κ3) is 3.06. The minimum atomic E-state index is -0.385. The largest absolute Gasteiger partial charge is 0.465 e. The van der Waals surface area contributed by atoms with Gasteiger partial charge in [0.05, 0.1) is 12.7 Å². The molecule has 2 nitrogen and oxygen atoms in total. The fraction of sp³-hybridized carbons (Fsp3) is 0.0500. The minimum Gasteiger partial charge on any atom is -0.465 e. The van der Waals surface area contributed by atoms with E-state index in [-0.39, 0.29) is 5.97 Å². The van der Waals surface area contributed by atoms with Gasteiger partial charge in [-0.2, -0.15) is 0 Å². The van der Waals surface area contributed by atoms with Gasteiger partial charge in [-0.25, -0.2) is 4.79 Å². The van der Waals surface area contributed by atoms with Gasteiger partial charge in [0.15, 0.2) is 0 Å². The van der Waals surface area contributed by atoms with Crippen LogP contribution in [-0.2, 0) is 4.74 Å². The van der Waals surface area contributed by atoms with Crippen LogP contribution in [0.5, 0.6) is 0 Å². The number of esters is 1. The summed E-state index contributed by atoms with van der Waals surface area (Å²) in [5, 5.41) is 0.515. The molecule has 0 fully saturated rings. The van der Waals surface area contributed by atoms with E-state index in [1.54, 1.807) is 35.7 Å². The zero-order chi connectivity index (χ0) is 17.4. The molecular formula is C20H13ClO2S2. The molecule has 0 radical (unpaired) electrons. The van der Waals surface area contributed by atoms with Crippen LogP contribution in [0, 0.1) is 0 Å². The van der Waals surface area contributed by atoms with E-state index >= 15 is 0 Å². The van der Waals surface area contributed by atoms with Gasteiger partial charge in [0.25, 0.3) is 0 Å². The van der Waals surface area contributed by atoms with E-state index in [9.17, 15) is 4.79 Å². The molecule has 1 heterocycles. The lowest BCUT2D eigenvalue weighted by molar-refractivity contribution is 0.0601. The lowest BCUT2D eigenvalue weighted by atomic mass is 9.99. The van der Waals surface area contributed by atoms with Crippen molar-refractivity contribution in [3.8, 4) is 11.1 Å². The van der Waals surface area contributed by atoms with Crippen LogP contribution in [0.3, 0.4) is 0 Å². The number of fused-ring (bicyclic) bond motifs is 2. The number of methoxy groups -OCH3 is 1. The number of ether oxygens (including phenoxy) is 1. The lowest BCUT2D eigenvalue weighted by Gasteiger charge is -2.21. The highest BCUT2D eigenvalue weighted by atomic mass is 35.5. The predicted molar refractivity (Wildman–Crippen MR) is 103 cm³/mol. The van der Waals surface area contributed by atoms with Gasteiger partial charge in [0, 0.05) is 24.6 Å². The van der Waals surface area contributed by atoms with Gasteiger partial charge in [0.1, 0.15) is 0 Å². The first-order valence-electron chi connectivity index (χ1n) is 7.63. The standard InChI is InChI=1S/C20H13ClO2S2/c1-23-20(22)15-11-12(21)9-10-13(15)14-5-4-8-18-19(14)25-17-7-3-2-6-16(17)24-18/h2-11H,1H3. The SMILES string of the molecule is COC(=O)c1cc(Cl)ccc1-c1cccc2c1Sc1ccccc1S2. The summed E-state index contributed by atoms with van der Waals surface area (Å²) in [6.45, 7) is 0. The van der Waals surface area contributed by atoms with Gasteiger partial charge in [0.2, 0.25) is 0 Å². The molecule has 25 heavy (non-hydrogen) atoms. The van der Waals surface area contributed by atoms with Gasteiger partial charge in [-0.3, -0.25) is 0 Å². The average Bonchev–Trinajstić information content (AvgIpc) is 2.65. The Kier molecular flexibility index (Phi) is 4.50. The van der Waals surface area contributed by atoms with Crippen LogP contribution in [0.4, 0.5) is 0 Å². The van der Waals surface area contributed by atoms with Crippen molar-refractivity contribution >= 4 is 41.1 Å². The molecule has 1 aliphatic heterocycles. The number of hydrogen-bond donors (Lipinski definition) is 0. The van der Waals surface area contributed by atoms with E-state index in [1.807, 2.05) is 24.3 Å². The summed E-state index contributed by atoms with van der Waals surface area (Å²) >= 11 is 9.58. The Labute approximate surface area is 159 Å². The first-order valence-corrected chi connectivity index (χ1v) is 9.64. The summed E-state index contributed by atoms with van der Waals surface area (Å²) in [6, 6.07) is 19.9. The van der Waals surface area contributed by atoms with Crippen LogP contribution in [0.2, 0.25) is 5.02 Å². The summed E-state index contributed by atoms with van der Waals surface area (Å²) in [5.74, 6) is -0.385. The van der Waals surface area contributed by atoms with Crippen molar-refractivity contribution < 1.29 is 9.53 Å². The molecule has 0 saturated carbocycles. The maximum absolute atomic E-state index is 12.2. The Hall–Kier alpha value is -1.88. The Morgan fingerprint density at radius 3 is 2.36 bits per heavy atom. The van der Waals surface area contributed by atoms with Crippen molar-refractivity contribution in [2.24, 2.45) is 0 Å². The number of carbonyl (C=O) groups excluding carboxylic acids is 1. The van der Waals surface area contributed by atoms with Gasteiger partial charge < -0.3 is 4.74 Å². The molecule has 3 aromatic rings. The smallest absolute Gasteiger partial charge is 0.338 e. The summed E-state index contributed by atoms with van der Waals surface area (Å²) in [4.78, 5) is 17.0. The fourth-order valence-corrected chi connectivity index (χ4v) is 5.36. The second kappa shape index (κ2) is 6.79. The van der Waals surface area contributed by atoms with Crippen LogP contribution in [0.1, 0.15) is 10.4 Å². The number of hydrogen-bond acceptors (Lipinski definition) is 4. The van der Waals surface area contributed by atoms with Crippen LogP contribution in [-0.4, -0.2) is 13.1 Å². The van der Waals surface area contributed by atoms with E-state index in [0.29, 0.717) is 10.6 Å². The topological polar surface area (TPSA) is 26.3 Å². The van der Waals surface area contributed by atoms with Crippen molar-refractivity contribution in [2.45, 2.75) is 19.6 Å². The maximum atomic E-state index is 12.2. The zero-order valence-electron chi connectivity index (χ0n) is 13.3. The first kappa shape index (κ1) is 16.6. The number of benzene rings is 3. The third-order valence-electron chi connectivity index (χ3n) is 3.94. The lowest BCUT2D eigenvalue weighted by Crippen LogP contribution is -2.04. The van der Waals surface area contributed by atoms with E-state index in [4.69, 9.17) is 16.3 Å². The molecule has 0 aliphatic carbocycles. The normalized spacial score (nSPS) is 12.2. The van der Waals surface area contributed by atoms with Crippen molar-refractivity contribution in [3.63, 3.8) is 0 Å². The Bertz CT molecular complexity index is 985. The summed E-state index contributed by atoms with van der Waals surface area (Å²) in [7, 11) is 1.38. The Morgan fingerprint density at radius 2 is 1.60 bits per heavy atom. The molecule has 4 rings (SSSR count). The van der Waals surface area contributed by atoms with E-state index < -0.39 is 0 Å². The molecule has 0 saturated heterocycles. The molecule has 5 heteroatoms. The van der Waals surface area contributed by atoms with Crippen LogP contribution in [0.25, 0.3) is 11.1 Å². The summed E-state index contributed by atoms with van der Waals surface area (Å²) < 4.78 is 4.94. The summed E-state index contributed by atoms with van der Waals surface area (Å²) in [6.07, 6.45) is 0. The average molecular weight is 385 g/mol. The third-order valence-corrected chi connectivity index (χ3v) is 6.79. The molecule has 0 spiro atoms. The quantitative estimate of drug-likeness (QED) is 0.373. The highest BCUT2D eigenvalue weighted by Gasteiger charge is 2.23. The monoisotopic (exact) mass is 384 g/mol. The molecular weight excluding hydrogens is 372 g/mol.